The summed E-state index contributed by atoms with van der Waals surface area (Å²) in [4.78, 5) is 22.3. The Hall–Kier alpha value is -1.65. The average Bonchev–Trinajstić information content (AvgIpc) is 2.39. The molecule has 0 N–H and O–H groups in total. The maximum absolute atomic E-state index is 11.2. The summed E-state index contributed by atoms with van der Waals surface area (Å²) in [5.41, 5.74) is 0.594. The number of rotatable bonds is 2. The highest BCUT2D eigenvalue weighted by Gasteiger charge is 2.53. The molecule has 0 amide bonds. The van der Waals surface area contributed by atoms with Crippen molar-refractivity contribution in [1.29, 1.82) is 0 Å². The molecule has 2 bridgehead atoms. The SMILES string of the molecule is CC(=O)O[C@@H](C)[C@@]12C=C[C@@](C)(OO1)c1ccccc12. The second kappa shape index (κ2) is 3.92. The van der Waals surface area contributed by atoms with Crippen molar-refractivity contribution in [3.63, 3.8) is 0 Å². The summed E-state index contributed by atoms with van der Waals surface area (Å²) in [5.74, 6) is -0.338. The molecule has 2 heterocycles. The van der Waals surface area contributed by atoms with E-state index >= 15 is 0 Å². The Morgan fingerprint density at radius 1 is 1.21 bits per heavy atom. The van der Waals surface area contributed by atoms with Gasteiger partial charge in [0.25, 0.3) is 0 Å². The predicted molar refractivity (Wildman–Crippen MR) is 68.0 cm³/mol. The molecular weight excluding hydrogens is 244 g/mol. The summed E-state index contributed by atoms with van der Waals surface area (Å²) in [6.45, 7) is 5.14. The van der Waals surface area contributed by atoms with E-state index in [0.717, 1.165) is 11.1 Å². The van der Waals surface area contributed by atoms with E-state index < -0.39 is 17.3 Å². The molecule has 0 radical (unpaired) electrons. The molecule has 2 aliphatic heterocycles. The summed E-state index contributed by atoms with van der Waals surface area (Å²) in [6.07, 6.45) is 3.41. The molecule has 4 heteroatoms. The van der Waals surface area contributed by atoms with E-state index in [1.165, 1.54) is 6.92 Å². The molecule has 19 heavy (non-hydrogen) atoms. The van der Waals surface area contributed by atoms with E-state index in [2.05, 4.69) is 0 Å². The highest BCUT2D eigenvalue weighted by atomic mass is 17.2. The van der Waals surface area contributed by atoms with Crippen LogP contribution in [0, 0.1) is 0 Å². The topological polar surface area (TPSA) is 44.8 Å². The standard InChI is InChI=1S/C15H16O4/c1-10(17-11(2)16)15-9-8-14(3,18-19-15)12-6-4-5-7-13(12)15/h4-10H,1-3H3/t10-,14+,15+/m0/s1. The summed E-state index contributed by atoms with van der Waals surface area (Å²) in [7, 11) is 0. The van der Waals surface area contributed by atoms with E-state index in [0.29, 0.717) is 0 Å². The molecule has 1 aromatic carbocycles. The number of hydrogen-bond donors (Lipinski definition) is 0. The third kappa shape index (κ3) is 1.64. The molecule has 1 aliphatic carbocycles. The summed E-state index contributed by atoms with van der Waals surface area (Å²) >= 11 is 0. The van der Waals surface area contributed by atoms with Crippen LogP contribution in [0.4, 0.5) is 0 Å². The first-order valence-corrected chi connectivity index (χ1v) is 6.32. The van der Waals surface area contributed by atoms with E-state index in [-0.39, 0.29) is 5.97 Å². The molecule has 0 fully saturated rings. The van der Waals surface area contributed by atoms with Crippen LogP contribution in [0.1, 0.15) is 31.9 Å². The zero-order valence-electron chi connectivity index (χ0n) is 11.2. The number of benzene rings is 1. The summed E-state index contributed by atoms with van der Waals surface area (Å²) < 4.78 is 5.30. The largest absolute Gasteiger partial charge is 0.459 e. The van der Waals surface area contributed by atoms with Crippen LogP contribution in [0.25, 0.3) is 0 Å². The second-order valence-electron chi connectivity index (χ2n) is 5.20. The highest BCUT2D eigenvalue weighted by molar-refractivity contribution is 5.66. The number of esters is 1. The lowest BCUT2D eigenvalue weighted by Crippen LogP contribution is -2.52. The molecule has 0 spiro atoms. The van der Waals surface area contributed by atoms with Gasteiger partial charge in [0.1, 0.15) is 11.7 Å². The quantitative estimate of drug-likeness (QED) is 0.466. The Kier molecular flexibility index (Phi) is 2.56. The minimum Gasteiger partial charge on any atom is -0.459 e. The van der Waals surface area contributed by atoms with Crippen LogP contribution in [0.2, 0.25) is 0 Å². The van der Waals surface area contributed by atoms with E-state index in [4.69, 9.17) is 14.5 Å². The first-order chi connectivity index (χ1) is 8.98. The third-order valence-corrected chi connectivity index (χ3v) is 3.83. The van der Waals surface area contributed by atoms with Crippen molar-refractivity contribution < 1.29 is 19.3 Å². The summed E-state index contributed by atoms with van der Waals surface area (Å²) in [5, 5.41) is 0. The van der Waals surface area contributed by atoms with E-state index in [1.54, 1.807) is 6.92 Å². The van der Waals surface area contributed by atoms with Crippen LogP contribution in [0.15, 0.2) is 36.4 Å². The fourth-order valence-electron chi connectivity index (χ4n) is 2.78. The van der Waals surface area contributed by atoms with Gasteiger partial charge in [-0.2, -0.15) is 0 Å². The molecule has 1 aromatic rings. The number of hydrogen-bond acceptors (Lipinski definition) is 4. The van der Waals surface area contributed by atoms with Gasteiger partial charge in [0.15, 0.2) is 5.60 Å². The van der Waals surface area contributed by atoms with Crippen molar-refractivity contribution in [2.24, 2.45) is 0 Å². The maximum atomic E-state index is 11.2. The van der Waals surface area contributed by atoms with Gasteiger partial charge in [-0.05, 0) is 31.6 Å². The van der Waals surface area contributed by atoms with Crippen molar-refractivity contribution in [2.45, 2.75) is 38.1 Å². The normalized spacial score (nSPS) is 32.8. The Morgan fingerprint density at radius 2 is 1.89 bits per heavy atom. The summed E-state index contributed by atoms with van der Waals surface area (Å²) in [6, 6.07) is 7.91. The van der Waals surface area contributed by atoms with Crippen molar-refractivity contribution >= 4 is 5.97 Å². The number of carbonyl (C=O) groups is 1. The predicted octanol–water partition coefficient (Wildman–Crippen LogP) is 2.58. The van der Waals surface area contributed by atoms with Crippen LogP contribution in [-0.2, 0) is 30.5 Å². The van der Waals surface area contributed by atoms with E-state index in [9.17, 15) is 4.79 Å². The smallest absolute Gasteiger partial charge is 0.303 e. The van der Waals surface area contributed by atoms with Crippen LogP contribution in [0.5, 0.6) is 0 Å². The number of carbonyl (C=O) groups excluding carboxylic acids is 1. The molecule has 0 unspecified atom stereocenters. The van der Waals surface area contributed by atoms with Gasteiger partial charge in [0, 0.05) is 12.5 Å². The first kappa shape index (κ1) is 12.4. The van der Waals surface area contributed by atoms with Crippen LogP contribution in [0.3, 0.4) is 0 Å². The minimum atomic E-state index is -0.861. The zero-order chi connectivity index (χ0) is 13.7. The fourth-order valence-corrected chi connectivity index (χ4v) is 2.78. The van der Waals surface area contributed by atoms with Crippen molar-refractivity contribution in [1.82, 2.24) is 0 Å². The third-order valence-electron chi connectivity index (χ3n) is 3.83. The lowest BCUT2D eigenvalue weighted by Gasteiger charge is -2.48. The second-order valence-corrected chi connectivity index (χ2v) is 5.20. The van der Waals surface area contributed by atoms with Gasteiger partial charge in [-0.3, -0.25) is 4.79 Å². The van der Waals surface area contributed by atoms with Gasteiger partial charge in [-0.1, -0.05) is 24.3 Å². The Morgan fingerprint density at radius 3 is 2.47 bits per heavy atom. The Labute approximate surface area is 111 Å². The number of ether oxygens (including phenoxy) is 1. The zero-order valence-corrected chi connectivity index (χ0v) is 11.2. The first-order valence-electron chi connectivity index (χ1n) is 6.32. The van der Waals surface area contributed by atoms with Gasteiger partial charge in [0.05, 0.1) is 0 Å². The molecule has 0 saturated heterocycles. The molecule has 0 aromatic heterocycles. The maximum Gasteiger partial charge on any atom is 0.303 e. The highest BCUT2D eigenvalue weighted by Crippen LogP contribution is 2.50. The van der Waals surface area contributed by atoms with Gasteiger partial charge in [0.2, 0.25) is 0 Å². The van der Waals surface area contributed by atoms with Crippen LogP contribution < -0.4 is 0 Å². The number of fused-ring (bicyclic) bond motifs is 1. The van der Waals surface area contributed by atoms with Crippen molar-refractivity contribution in [3.05, 3.63) is 47.5 Å². The van der Waals surface area contributed by atoms with Crippen LogP contribution >= 0.6 is 0 Å². The molecule has 0 saturated carbocycles. The average molecular weight is 260 g/mol. The fraction of sp³-hybridized carbons (Fsp3) is 0.400. The lowest BCUT2D eigenvalue weighted by molar-refractivity contribution is -0.430. The Bertz CT molecular complexity index is 565. The van der Waals surface area contributed by atoms with E-state index in [1.807, 2.05) is 43.3 Å². The van der Waals surface area contributed by atoms with Gasteiger partial charge < -0.3 is 4.74 Å². The minimum absolute atomic E-state index is 0.338. The molecule has 3 aliphatic rings. The molecule has 4 rings (SSSR count). The van der Waals surface area contributed by atoms with Crippen molar-refractivity contribution in [3.8, 4) is 0 Å². The van der Waals surface area contributed by atoms with Crippen molar-refractivity contribution in [2.75, 3.05) is 0 Å². The van der Waals surface area contributed by atoms with Gasteiger partial charge in [-0.15, -0.1) is 0 Å². The monoisotopic (exact) mass is 260 g/mol. The van der Waals surface area contributed by atoms with Gasteiger partial charge in [-0.25, -0.2) is 9.78 Å². The Balaban J connectivity index is 2.12. The van der Waals surface area contributed by atoms with Gasteiger partial charge >= 0.3 is 5.97 Å². The lowest BCUT2D eigenvalue weighted by atomic mass is 9.74. The molecule has 3 atom stereocenters. The molecule has 4 nitrogen and oxygen atoms in total. The molecule has 100 valence electrons. The molecular formula is C15H16O4. The van der Waals surface area contributed by atoms with Crippen LogP contribution in [-0.4, -0.2) is 12.1 Å².